The van der Waals surface area contributed by atoms with E-state index in [0.29, 0.717) is 6.42 Å². The van der Waals surface area contributed by atoms with Crippen LogP contribution in [-0.2, 0) is 33.4 Å². The quantitative estimate of drug-likeness (QED) is 0.280. The zero-order valence-electron chi connectivity index (χ0n) is 22.3. The molecule has 1 atom stereocenters. The van der Waals surface area contributed by atoms with Crippen molar-refractivity contribution in [2.24, 2.45) is 15.4 Å². The third-order valence-electron chi connectivity index (χ3n) is 5.19. The second kappa shape index (κ2) is 11.5. The Morgan fingerprint density at radius 1 is 0.972 bits per heavy atom. The smallest absolute Gasteiger partial charge is 0.397 e. The van der Waals surface area contributed by atoms with Gasteiger partial charge in [-0.3, -0.25) is 14.6 Å². The Kier molecular flexibility index (Phi) is 9.17. The van der Waals surface area contributed by atoms with E-state index in [1.807, 2.05) is 20.8 Å². The van der Waals surface area contributed by atoms with Crippen LogP contribution in [0.5, 0.6) is 0 Å². The highest BCUT2D eigenvalue weighted by atomic mass is 16.5. The van der Waals surface area contributed by atoms with Gasteiger partial charge in [0, 0.05) is 18.0 Å². The highest BCUT2D eigenvalue weighted by Gasteiger charge is 2.48. The molecule has 11 heteroatoms. The van der Waals surface area contributed by atoms with E-state index in [4.69, 9.17) is 14.2 Å². The third kappa shape index (κ3) is 6.38. The molecule has 2 aliphatic heterocycles. The predicted octanol–water partition coefficient (Wildman–Crippen LogP) is 2.57. The molecule has 0 aromatic rings. The maximum absolute atomic E-state index is 13.6. The van der Waals surface area contributed by atoms with E-state index >= 15 is 0 Å². The van der Waals surface area contributed by atoms with Crippen molar-refractivity contribution >= 4 is 36.0 Å². The van der Waals surface area contributed by atoms with Crippen molar-refractivity contribution < 1.29 is 33.4 Å². The molecule has 0 N–H and O–H groups in total. The second-order valence-electron chi connectivity index (χ2n) is 9.96. The van der Waals surface area contributed by atoms with E-state index in [-0.39, 0.29) is 42.6 Å². The topological polar surface area (TPSA) is 127 Å². The van der Waals surface area contributed by atoms with Crippen LogP contribution in [0.25, 0.3) is 0 Å². The fourth-order valence-corrected chi connectivity index (χ4v) is 4.43. The Hall–Kier alpha value is -3.50. The van der Waals surface area contributed by atoms with E-state index in [1.165, 1.54) is 17.3 Å². The number of ether oxygens (including phenoxy) is 3. The Labute approximate surface area is 211 Å². The molecule has 0 fully saturated rings. The number of allylic oxidation sites excluding steroid dienone is 1. The summed E-state index contributed by atoms with van der Waals surface area (Å²) in [4.78, 5) is 64.0. The number of hydrogen-bond acceptors (Lipinski definition) is 10. The van der Waals surface area contributed by atoms with Crippen LogP contribution in [0.2, 0.25) is 0 Å². The molecular weight excluding hydrogens is 468 g/mol. The van der Waals surface area contributed by atoms with Crippen LogP contribution in [-0.4, -0.2) is 77.2 Å². The molecule has 0 spiro atoms. The van der Waals surface area contributed by atoms with Crippen LogP contribution in [0.15, 0.2) is 33.7 Å². The maximum atomic E-state index is 13.6. The number of aliphatic imine (C=N–C) groups is 2. The van der Waals surface area contributed by atoms with Gasteiger partial charge in [-0.25, -0.2) is 19.4 Å². The highest BCUT2D eigenvalue weighted by Crippen LogP contribution is 2.38. The normalized spacial score (nSPS) is 17.3. The first-order valence-electron chi connectivity index (χ1n) is 12.0. The Bertz CT molecular complexity index is 1020. The average Bonchev–Trinajstić information content (AvgIpc) is 2.76. The standard InChI is InChI=1S/C25H36N4O7/c1-9-34-20(31)16-17(21(32)35-10-2)28-14-12-13-26-23(28)27-18(16)29(19(30)22(33)36-11-3)25(7,8)15-24(4,5)6/h12-14,17H,9-11,15H2,1-8H3. The summed E-state index contributed by atoms with van der Waals surface area (Å²) in [6, 6.07) is -1.34. The molecule has 1 unspecified atom stereocenters. The lowest BCUT2D eigenvalue weighted by Crippen LogP contribution is -2.56. The Morgan fingerprint density at radius 2 is 1.58 bits per heavy atom. The zero-order chi connectivity index (χ0) is 27.3. The summed E-state index contributed by atoms with van der Waals surface area (Å²) in [7, 11) is 0. The number of carbonyl (C=O) groups excluding carboxylic acids is 4. The number of fused-ring (bicyclic) bond motifs is 1. The van der Waals surface area contributed by atoms with Crippen LogP contribution in [0.3, 0.4) is 0 Å². The zero-order valence-corrected chi connectivity index (χ0v) is 22.3. The van der Waals surface area contributed by atoms with Crippen LogP contribution in [0.1, 0.15) is 61.8 Å². The first-order valence-corrected chi connectivity index (χ1v) is 12.0. The van der Waals surface area contributed by atoms with Crippen molar-refractivity contribution in [3.8, 4) is 0 Å². The van der Waals surface area contributed by atoms with Crippen LogP contribution < -0.4 is 0 Å². The van der Waals surface area contributed by atoms with E-state index in [1.54, 1.807) is 40.7 Å². The summed E-state index contributed by atoms with van der Waals surface area (Å²) in [6.45, 7) is 14.3. The van der Waals surface area contributed by atoms with Gasteiger partial charge < -0.3 is 14.2 Å². The predicted molar refractivity (Wildman–Crippen MR) is 133 cm³/mol. The lowest BCUT2D eigenvalue weighted by Gasteiger charge is -2.44. The average molecular weight is 505 g/mol. The monoisotopic (exact) mass is 504 g/mol. The Balaban J connectivity index is 2.91. The van der Waals surface area contributed by atoms with Crippen molar-refractivity contribution in [2.75, 3.05) is 19.8 Å². The lowest BCUT2D eigenvalue weighted by atomic mass is 9.80. The molecule has 2 rings (SSSR count). The van der Waals surface area contributed by atoms with E-state index in [2.05, 4.69) is 9.98 Å². The molecule has 198 valence electrons. The fourth-order valence-electron chi connectivity index (χ4n) is 4.43. The minimum Gasteiger partial charge on any atom is -0.464 e. The molecule has 2 aliphatic rings. The fraction of sp³-hybridized carbons (Fsp3) is 0.600. The molecule has 0 aromatic carbocycles. The Morgan fingerprint density at radius 3 is 2.14 bits per heavy atom. The number of rotatable bonds is 8. The number of carbonyl (C=O) groups is 4. The first-order chi connectivity index (χ1) is 16.8. The second-order valence-corrected chi connectivity index (χ2v) is 9.96. The van der Waals surface area contributed by atoms with Crippen LogP contribution in [0.4, 0.5) is 0 Å². The van der Waals surface area contributed by atoms with Crippen LogP contribution in [0, 0.1) is 5.41 Å². The van der Waals surface area contributed by atoms with Gasteiger partial charge in [0.15, 0.2) is 11.9 Å². The molecule has 1 amide bonds. The van der Waals surface area contributed by atoms with E-state index < -0.39 is 35.4 Å². The van der Waals surface area contributed by atoms with Gasteiger partial charge in [-0.15, -0.1) is 0 Å². The van der Waals surface area contributed by atoms with Gasteiger partial charge in [-0.2, -0.15) is 4.99 Å². The van der Waals surface area contributed by atoms with E-state index in [0.717, 1.165) is 4.90 Å². The van der Waals surface area contributed by atoms with Crippen LogP contribution >= 0.6 is 0 Å². The van der Waals surface area contributed by atoms with Gasteiger partial charge in [-0.1, -0.05) is 20.8 Å². The molecule has 2 heterocycles. The van der Waals surface area contributed by atoms with Gasteiger partial charge in [0.05, 0.1) is 19.8 Å². The largest absolute Gasteiger partial charge is 0.464 e. The molecule has 36 heavy (non-hydrogen) atoms. The molecule has 0 saturated heterocycles. The molecule has 0 bridgehead atoms. The SMILES string of the molecule is CCOC(=O)C(=O)N(C1=C(C(=O)OCC)C(C(=O)OCC)N2C=CC=NC2=N1)C(C)(C)CC(C)(C)C. The van der Waals surface area contributed by atoms with Crippen molar-refractivity contribution in [1.29, 1.82) is 0 Å². The summed E-state index contributed by atoms with van der Waals surface area (Å²) < 4.78 is 15.6. The number of nitrogens with zero attached hydrogens (tertiary/aromatic N) is 4. The molecule has 0 aliphatic carbocycles. The number of hydrogen-bond donors (Lipinski definition) is 0. The van der Waals surface area contributed by atoms with E-state index in [9.17, 15) is 19.2 Å². The van der Waals surface area contributed by atoms with Crippen molar-refractivity contribution in [3.63, 3.8) is 0 Å². The van der Waals surface area contributed by atoms with Gasteiger partial charge in [0.2, 0.25) is 5.96 Å². The van der Waals surface area contributed by atoms with Gasteiger partial charge in [-0.05, 0) is 52.5 Å². The summed E-state index contributed by atoms with van der Waals surface area (Å²) in [5.41, 5.74) is -1.57. The first kappa shape index (κ1) is 28.7. The lowest BCUT2D eigenvalue weighted by molar-refractivity contribution is -0.162. The number of esters is 3. The number of guanidine groups is 1. The van der Waals surface area contributed by atoms with Crippen molar-refractivity contribution in [3.05, 3.63) is 23.7 Å². The van der Waals surface area contributed by atoms with Gasteiger partial charge >= 0.3 is 23.8 Å². The molecular formula is C25H36N4O7. The summed E-state index contributed by atoms with van der Waals surface area (Å²) in [5.74, 6) is -3.94. The minimum absolute atomic E-state index is 0.00687. The van der Waals surface area contributed by atoms with Gasteiger partial charge in [0.1, 0.15) is 5.57 Å². The van der Waals surface area contributed by atoms with Crippen molar-refractivity contribution in [1.82, 2.24) is 9.80 Å². The van der Waals surface area contributed by atoms with Gasteiger partial charge in [0.25, 0.3) is 0 Å². The minimum atomic E-state index is -1.34. The molecule has 11 nitrogen and oxygen atoms in total. The number of amides is 1. The third-order valence-corrected chi connectivity index (χ3v) is 5.19. The summed E-state index contributed by atoms with van der Waals surface area (Å²) in [6.07, 6.45) is 4.97. The highest BCUT2D eigenvalue weighted by molar-refractivity contribution is 6.33. The summed E-state index contributed by atoms with van der Waals surface area (Å²) in [5, 5.41) is 0. The maximum Gasteiger partial charge on any atom is 0.397 e. The molecule has 0 saturated carbocycles. The summed E-state index contributed by atoms with van der Waals surface area (Å²) >= 11 is 0. The van der Waals surface area contributed by atoms with Crippen molar-refractivity contribution in [2.45, 2.75) is 73.4 Å². The molecule has 0 radical (unpaired) electrons. The molecule has 0 aromatic heterocycles.